The van der Waals surface area contributed by atoms with E-state index in [4.69, 9.17) is 19.9 Å². The zero-order valence-electron chi connectivity index (χ0n) is 9.28. The molecule has 0 aliphatic carbocycles. The van der Waals surface area contributed by atoms with Crippen LogP contribution in [0.5, 0.6) is 17.2 Å². The molecule has 0 radical (unpaired) electrons. The van der Waals surface area contributed by atoms with Gasteiger partial charge in [0.05, 0.1) is 7.11 Å². The Morgan fingerprint density at radius 2 is 2.18 bits per heavy atom. The van der Waals surface area contributed by atoms with Gasteiger partial charge in [-0.15, -0.1) is 0 Å². The van der Waals surface area contributed by atoms with Crippen LogP contribution in [0.4, 0.5) is 8.78 Å². The number of hydrogen-bond acceptors (Lipinski definition) is 4. The zero-order valence-corrected chi connectivity index (χ0v) is 9.28. The van der Waals surface area contributed by atoms with E-state index in [1.807, 2.05) is 0 Å². The Morgan fingerprint density at radius 1 is 1.41 bits per heavy atom. The zero-order chi connectivity index (χ0) is 12.4. The first-order valence-electron chi connectivity index (χ1n) is 5.13. The minimum absolute atomic E-state index is 0.0965. The highest BCUT2D eigenvalue weighted by atomic mass is 19.3. The highest BCUT2D eigenvalue weighted by Gasteiger charge is 2.23. The standard InChI is InChI=1S/C11H13F2NO3/c1-15-8-2-6(7(14)4-10(12)13)3-9-11(8)17-5-16-9/h2-3,7,10H,4-5,14H2,1H3/t7-/m1/s1. The molecule has 1 heterocycles. The highest BCUT2D eigenvalue weighted by Crippen LogP contribution is 2.43. The van der Waals surface area contributed by atoms with Gasteiger partial charge in [0.2, 0.25) is 19.0 Å². The number of halogens is 2. The number of hydrogen-bond donors (Lipinski definition) is 1. The van der Waals surface area contributed by atoms with Crippen molar-refractivity contribution in [3.63, 3.8) is 0 Å². The summed E-state index contributed by atoms with van der Waals surface area (Å²) in [6.07, 6.45) is -2.84. The molecule has 0 spiro atoms. The average molecular weight is 245 g/mol. The Morgan fingerprint density at radius 3 is 2.82 bits per heavy atom. The lowest BCUT2D eigenvalue weighted by atomic mass is 10.0. The van der Waals surface area contributed by atoms with E-state index in [1.165, 1.54) is 7.11 Å². The van der Waals surface area contributed by atoms with Crippen LogP contribution in [0.15, 0.2) is 12.1 Å². The fourth-order valence-corrected chi connectivity index (χ4v) is 1.69. The third-order valence-corrected chi connectivity index (χ3v) is 2.54. The predicted molar refractivity (Wildman–Crippen MR) is 56.7 cm³/mol. The lowest BCUT2D eigenvalue weighted by molar-refractivity contribution is 0.128. The van der Waals surface area contributed by atoms with Crippen LogP contribution >= 0.6 is 0 Å². The fraction of sp³-hybridized carbons (Fsp3) is 0.455. The van der Waals surface area contributed by atoms with Gasteiger partial charge in [0.15, 0.2) is 11.5 Å². The molecule has 0 amide bonds. The SMILES string of the molecule is COc1cc([C@H](N)CC(F)F)cc2c1OCO2. The maximum Gasteiger partial charge on any atom is 0.240 e. The van der Waals surface area contributed by atoms with Gasteiger partial charge in [0, 0.05) is 12.5 Å². The van der Waals surface area contributed by atoms with Crippen LogP contribution in [0.1, 0.15) is 18.0 Å². The van der Waals surface area contributed by atoms with Crippen LogP contribution in [-0.4, -0.2) is 20.3 Å². The van der Waals surface area contributed by atoms with Crippen LogP contribution in [0.25, 0.3) is 0 Å². The molecule has 6 heteroatoms. The summed E-state index contributed by atoms with van der Waals surface area (Å²) >= 11 is 0. The van der Waals surface area contributed by atoms with Gasteiger partial charge in [-0.3, -0.25) is 0 Å². The molecule has 0 unspecified atom stereocenters. The van der Waals surface area contributed by atoms with E-state index in [-0.39, 0.29) is 6.79 Å². The van der Waals surface area contributed by atoms with E-state index in [0.29, 0.717) is 22.8 Å². The number of benzene rings is 1. The second-order valence-electron chi connectivity index (χ2n) is 3.69. The van der Waals surface area contributed by atoms with Crippen molar-refractivity contribution < 1.29 is 23.0 Å². The van der Waals surface area contributed by atoms with Crippen molar-refractivity contribution in [3.05, 3.63) is 17.7 Å². The van der Waals surface area contributed by atoms with Gasteiger partial charge in [-0.1, -0.05) is 0 Å². The van der Waals surface area contributed by atoms with Gasteiger partial charge in [0.25, 0.3) is 0 Å². The van der Waals surface area contributed by atoms with Gasteiger partial charge >= 0.3 is 0 Å². The first kappa shape index (κ1) is 11.9. The smallest absolute Gasteiger partial charge is 0.240 e. The molecule has 17 heavy (non-hydrogen) atoms. The van der Waals surface area contributed by atoms with Crippen molar-refractivity contribution in [1.29, 1.82) is 0 Å². The first-order valence-corrected chi connectivity index (χ1v) is 5.13. The van der Waals surface area contributed by atoms with Gasteiger partial charge in [0.1, 0.15) is 0 Å². The molecule has 1 aromatic rings. The monoisotopic (exact) mass is 245 g/mol. The van der Waals surface area contributed by atoms with E-state index >= 15 is 0 Å². The number of nitrogens with two attached hydrogens (primary N) is 1. The molecule has 94 valence electrons. The number of methoxy groups -OCH3 is 1. The lowest BCUT2D eigenvalue weighted by Gasteiger charge is -2.14. The molecule has 1 aromatic carbocycles. The van der Waals surface area contributed by atoms with Gasteiger partial charge < -0.3 is 19.9 Å². The van der Waals surface area contributed by atoms with Crippen LogP contribution in [0.2, 0.25) is 0 Å². The Bertz CT molecular complexity index is 412. The molecular weight excluding hydrogens is 232 g/mol. The van der Waals surface area contributed by atoms with Crippen molar-refractivity contribution in [3.8, 4) is 17.2 Å². The molecule has 4 nitrogen and oxygen atoms in total. The molecule has 0 bridgehead atoms. The summed E-state index contributed by atoms with van der Waals surface area (Å²) in [5.41, 5.74) is 6.23. The summed E-state index contributed by atoms with van der Waals surface area (Å²) in [5.74, 6) is 1.41. The summed E-state index contributed by atoms with van der Waals surface area (Å²) in [7, 11) is 1.47. The molecule has 2 N–H and O–H groups in total. The van der Waals surface area contributed by atoms with Gasteiger partial charge in [-0.25, -0.2) is 8.78 Å². The molecule has 1 aliphatic rings. The maximum absolute atomic E-state index is 12.3. The third kappa shape index (κ3) is 2.41. The molecule has 1 atom stereocenters. The molecule has 0 aromatic heterocycles. The lowest BCUT2D eigenvalue weighted by Crippen LogP contribution is -2.14. The van der Waals surface area contributed by atoms with Crippen molar-refractivity contribution in [1.82, 2.24) is 0 Å². The number of alkyl halides is 2. The molecule has 0 saturated heterocycles. The second-order valence-corrected chi connectivity index (χ2v) is 3.69. The van der Waals surface area contributed by atoms with E-state index in [1.54, 1.807) is 12.1 Å². The van der Waals surface area contributed by atoms with Crippen molar-refractivity contribution in [2.45, 2.75) is 18.9 Å². The third-order valence-electron chi connectivity index (χ3n) is 2.54. The number of rotatable bonds is 4. The Balaban J connectivity index is 2.30. The Labute approximate surface area is 97.3 Å². The van der Waals surface area contributed by atoms with Crippen molar-refractivity contribution >= 4 is 0 Å². The van der Waals surface area contributed by atoms with Gasteiger partial charge in [-0.2, -0.15) is 0 Å². The molecule has 2 rings (SSSR count). The first-order chi connectivity index (χ1) is 8.11. The second kappa shape index (κ2) is 4.75. The number of ether oxygens (including phenoxy) is 3. The Hall–Kier alpha value is -1.56. The topological polar surface area (TPSA) is 53.7 Å². The van der Waals surface area contributed by atoms with E-state index in [2.05, 4.69) is 0 Å². The quantitative estimate of drug-likeness (QED) is 0.882. The average Bonchev–Trinajstić information content (AvgIpc) is 2.74. The predicted octanol–water partition coefficient (Wildman–Crippen LogP) is 2.08. The summed E-state index contributed by atoms with van der Waals surface area (Å²) < 4.78 is 40.0. The van der Waals surface area contributed by atoms with E-state index in [9.17, 15) is 8.78 Å². The summed E-state index contributed by atoms with van der Waals surface area (Å²) in [4.78, 5) is 0. The molecular formula is C11H13F2NO3. The molecule has 0 saturated carbocycles. The van der Waals surface area contributed by atoms with E-state index in [0.717, 1.165) is 0 Å². The van der Waals surface area contributed by atoms with E-state index < -0.39 is 18.9 Å². The molecule has 1 aliphatic heterocycles. The number of fused-ring (bicyclic) bond motifs is 1. The minimum Gasteiger partial charge on any atom is -0.493 e. The van der Waals surface area contributed by atoms with Crippen molar-refractivity contribution in [2.75, 3.05) is 13.9 Å². The summed E-state index contributed by atoms with van der Waals surface area (Å²) in [6, 6.07) is 2.46. The normalized spacial score (nSPS) is 15.1. The van der Waals surface area contributed by atoms with Crippen LogP contribution in [0.3, 0.4) is 0 Å². The largest absolute Gasteiger partial charge is 0.493 e. The Kier molecular flexibility index (Phi) is 3.33. The highest BCUT2D eigenvalue weighted by molar-refractivity contribution is 5.55. The minimum atomic E-state index is -2.44. The van der Waals surface area contributed by atoms with Crippen LogP contribution in [-0.2, 0) is 0 Å². The van der Waals surface area contributed by atoms with Crippen molar-refractivity contribution in [2.24, 2.45) is 5.73 Å². The fourth-order valence-electron chi connectivity index (χ4n) is 1.69. The summed E-state index contributed by atoms with van der Waals surface area (Å²) in [5, 5.41) is 0. The van der Waals surface area contributed by atoms with Crippen LogP contribution in [0, 0.1) is 0 Å². The molecule has 0 fully saturated rings. The maximum atomic E-state index is 12.3. The van der Waals surface area contributed by atoms with Gasteiger partial charge in [-0.05, 0) is 17.7 Å². The summed E-state index contributed by atoms with van der Waals surface area (Å²) in [6.45, 7) is 0.0965. The van der Waals surface area contributed by atoms with Crippen LogP contribution < -0.4 is 19.9 Å².